The van der Waals surface area contributed by atoms with Crippen LogP contribution >= 0.6 is 0 Å². The normalized spacial score (nSPS) is 20.7. The van der Waals surface area contributed by atoms with Crippen LogP contribution in [0.4, 0.5) is 5.69 Å². The summed E-state index contributed by atoms with van der Waals surface area (Å²) in [7, 11) is 2.21. The summed E-state index contributed by atoms with van der Waals surface area (Å²) in [6.45, 7) is 8.34. The van der Waals surface area contributed by atoms with Crippen molar-refractivity contribution in [1.82, 2.24) is 0 Å². The van der Waals surface area contributed by atoms with E-state index in [4.69, 9.17) is 0 Å². The van der Waals surface area contributed by atoms with E-state index in [0.717, 1.165) is 17.8 Å². The third-order valence-corrected chi connectivity index (χ3v) is 3.51. The van der Waals surface area contributed by atoms with Crippen LogP contribution in [0, 0.1) is 0 Å². The van der Waals surface area contributed by atoms with E-state index in [0.29, 0.717) is 0 Å². The van der Waals surface area contributed by atoms with Gasteiger partial charge in [0, 0.05) is 5.69 Å². The molecular weight excluding hydrogens is 246 g/mol. The molecular formula is C17H30N3+. The van der Waals surface area contributed by atoms with Crippen LogP contribution in [0.5, 0.6) is 0 Å². The molecule has 0 amide bonds. The Bertz CT molecular complexity index is 388. The Morgan fingerprint density at radius 1 is 1.10 bits per heavy atom. The summed E-state index contributed by atoms with van der Waals surface area (Å²) < 4.78 is 0.790. The van der Waals surface area contributed by atoms with E-state index in [9.17, 15) is 0 Å². The van der Waals surface area contributed by atoms with E-state index in [1.807, 2.05) is 20.2 Å². The van der Waals surface area contributed by atoms with Gasteiger partial charge in [-0.25, -0.2) is 0 Å². The predicted molar refractivity (Wildman–Crippen MR) is 88.8 cm³/mol. The summed E-state index contributed by atoms with van der Waals surface area (Å²) in [5, 5.41) is 4.66. The van der Waals surface area contributed by atoms with Gasteiger partial charge in [-0.2, -0.15) is 4.59 Å². The van der Waals surface area contributed by atoms with Gasteiger partial charge in [-0.1, -0.05) is 56.9 Å². The summed E-state index contributed by atoms with van der Waals surface area (Å²) in [6.07, 6.45) is 7.21. The van der Waals surface area contributed by atoms with Gasteiger partial charge in [0.15, 0.2) is 13.0 Å². The monoisotopic (exact) mass is 276 g/mol. The van der Waals surface area contributed by atoms with E-state index >= 15 is 0 Å². The van der Waals surface area contributed by atoms with Gasteiger partial charge < -0.3 is 0 Å². The molecule has 20 heavy (non-hydrogen) atoms. The van der Waals surface area contributed by atoms with Gasteiger partial charge in [0.25, 0.3) is 0 Å². The van der Waals surface area contributed by atoms with Crippen molar-refractivity contribution in [1.29, 1.82) is 0 Å². The second-order valence-electron chi connectivity index (χ2n) is 5.30. The SMILES string of the molecule is CC.CCCCCC[N+]1(C)CN(c2ccccc2)C=N1. The fourth-order valence-electron chi connectivity index (χ4n) is 2.36. The molecule has 1 aliphatic heterocycles. The Morgan fingerprint density at radius 3 is 2.45 bits per heavy atom. The molecule has 0 fully saturated rings. The maximum Gasteiger partial charge on any atom is 0.183 e. The average molecular weight is 276 g/mol. The Morgan fingerprint density at radius 2 is 1.80 bits per heavy atom. The number of hydrogen-bond acceptors (Lipinski definition) is 2. The lowest BCUT2D eigenvalue weighted by molar-refractivity contribution is -0.910. The fraction of sp³-hybridized carbons (Fsp3) is 0.588. The van der Waals surface area contributed by atoms with Gasteiger partial charge >= 0.3 is 0 Å². The molecule has 1 heterocycles. The molecule has 0 spiro atoms. The van der Waals surface area contributed by atoms with Gasteiger partial charge in [-0.3, -0.25) is 4.90 Å². The molecule has 1 aromatic rings. The molecule has 3 heteroatoms. The van der Waals surface area contributed by atoms with Crippen molar-refractivity contribution in [2.75, 3.05) is 25.2 Å². The largest absolute Gasteiger partial charge is 0.278 e. The highest BCUT2D eigenvalue weighted by Crippen LogP contribution is 2.20. The van der Waals surface area contributed by atoms with E-state index in [1.165, 1.54) is 31.4 Å². The molecule has 1 unspecified atom stereocenters. The van der Waals surface area contributed by atoms with Crippen molar-refractivity contribution in [2.24, 2.45) is 5.10 Å². The first-order valence-electron chi connectivity index (χ1n) is 7.95. The lowest BCUT2D eigenvalue weighted by Gasteiger charge is -2.25. The Balaban J connectivity index is 0.000000956. The van der Waals surface area contributed by atoms with Crippen LogP contribution in [0.3, 0.4) is 0 Å². The molecule has 0 saturated carbocycles. The third-order valence-electron chi connectivity index (χ3n) is 3.51. The van der Waals surface area contributed by atoms with Crippen LogP contribution in [-0.2, 0) is 0 Å². The van der Waals surface area contributed by atoms with E-state index in [-0.39, 0.29) is 0 Å². The van der Waals surface area contributed by atoms with E-state index in [1.54, 1.807) is 0 Å². The number of unbranched alkanes of at least 4 members (excludes halogenated alkanes) is 3. The number of quaternary nitrogens is 1. The van der Waals surface area contributed by atoms with Crippen LogP contribution in [0.25, 0.3) is 0 Å². The van der Waals surface area contributed by atoms with Crippen molar-refractivity contribution in [2.45, 2.75) is 46.5 Å². The zero-order valence-corrected chi connectivity index (χ0v) is 13.5. The quantitative estimate of drug-likeness (QED) is 0.553. The molecule has 0 N–H and O–H groups in total. The molecule has 0 radical (unpaired) electrons. The molecule has 0 saturated heterocycles. The van der Waals surface area contributed by atoms with Gasteiger partial charge in [0.1, 0.15) is 6.54 Å². The second-order valence-corrected chi connectivity index (χ2v) is 5.30. The minimum absolute atomic E-state index is 0.790. The van der Waals surface area contributed by atoms with E-state index < -0.39 is 0 Å². The number of benzene rings is 1. The smallest absolute Gasteiger partial charge is 0.183 e. The maximum absolute atomic E-state index is 4.66. The zero-order valence-electron chi connectivity index (χ0n) is 13.5. The molecule has 1 aromatic carbocycles. The van der Waals surface area contributed by atoms with Crippen LogP contribution in [0.2, 0.25) is 0 Å². The molecule has 0 aliphatic carbocycles. The Labute approximate surface area is 124 Å². The first-order valence-corrected chi connectivity index (χ1v) is 7.95. The van der Waals surface area contributed by atoms with Crippen molar-refractivity contribution < 1.29 is 4.59 Å². The maximum atomic E-state index is 4.66. The minimum atomic E-state index is 0.790. The van der Waals surface area contributed by atoms with Gasteiger partial charge in [-0.05, 0) is 25.0 Å². The zero-order chi connectivity index (χ0) is 14.8. The highest BCUT2D eigenvalue weighted by molar-refractivity contribution is 5.79. The number of anilines is 1. The third kappa shape index (κ3) is 4.97. The summed E-state index contributed by atoms with van der Waals surface area (Å²) in [6, 6.07) is 10.5. The number of hydrogen-bond donors (Lipinski definition) is 0. The molecule has 0 bridgehead atoms. The molecule has 3 nitrogen and oxygen atoms in total. The van der Waals surface area contributed by atoms with Crippen LogP contribution in [0.1, 0.15) is 46.5 Å². The van der Waals surface area contributed by atoms with Crippen LogP contribution < -0.4 is 4.90 Å². The predicted octanol–water partition coefficient (Wildman–Crippen LogP) is 4.46. The summed E-state index contributed by atoms with van der Waals surface area (Å²) >= 11 is 0. The fourth-order valence-corrected chi connectivity index (χ4v) is 2.36. The van der Waals surface area contributed by atoms with Crippen LogP contribution in [-0.4, -0.2) is 31.2 Å². The van der Waals surface area contributed by atoms with Crippen molar-refractivity contribution in [3.8, 4) is 0 Å². The van der Waals surface area contributed by atoms with E-state index in [2.05, 4.69) is 54.3 Å². The molecule has 2 rings (SSSR count). The molecule has 1 atom stereocenters. The topological polar surface area (TPSA) is 15.6 Å². The number of rotatable bonds is 6. The van der Waals surface area contributed by atoms with Crippen molar-refractivity contribution >= 4 is 12.0 Å². The summed E-state index contributed by atoms with van der Waals surface area (Å²) in [4.78, 5) is 2.24. The molecule has 112 valence electrons. The summed E-state index contributed by atoms with van der Waals surface area (Å²) in [5.41, 5.74) is 1.23. The first-order chi connectivity index (χ1) is 9.73. The second kappa shape index (κ2) is 8.75. The molecule has 0 aromatic heterocycles. The Kier molecular flexibility index (Phi) is 7.31. The van der Waals surface area contributed by atoms with Gasteiger partial charge in [-0.15, -0.1) is 0 Å². The Hall–Kier alpha value is -1.35. The highest BCUT2D eigenvalue weighted by atomic mass is 15.7. The minimum Gasteiger partial charge on any atom is -0.278 e. The summed E-state index contributed by atoms with van der Waals surface area (Å²) in [5.74, 6) is 0. The first kappa shape index (κ1) is 16.7. The molecule has 1 aliphatic rings. The standard InChI is InChI=1S/C15H24N3.C2H6/c1-3-4-5-9-12-18(2)14-17(13-16-18)15-10-7-6-8-11-15;1-2/h6-8,10-11,13H,3-5,9,12,14H2,1-2H3;1-2H3/q+1;. The van der Waals surface area contributed by atoms with Gasteiger partial charge in [0.2, 0.25) is 0 Å². The van der Waals surface area contributed by atoms with Crippen molar-refractivity contribution in [3.63, 3.8) is 0 Å². The lowest BCUT2D eigenvalue weighted by Crippen LogP contribution is -2.41. The van der Waals surface area contributed by atoms with Crippen molar-refractivity contribution in [3.05, 3.63) is 30.3 Å². The average Bonchev–Trinajstić information content (AvgIpc) is 2.90. The number of nitrogens with zero attached hydrogens (tertiary/aromatic N) is 3. The number of para-hydroxylation sites is 1. The lowest BCUT2D eigenvalue weighted by atomic mass is 10.2. The highest BCUT2D eigenvalue weighted by Gasteiger charge is 2.29. The van der Waals surface area contributed by atoms with Crippen LogP contribution in [0.15, 0.2) is 35.4 Å². The van der Waals surface area contributed by atoms with Gasteiger partial charge in [0.05, 0.1) is 7.05 Å².